The highest BCUT2D eigenvalue weighted by molar-refractivity contribution is 5.77. The van der Waals surface area contributed by atoms with E-state index in [9.17, 15) is 4.79 Å². The second-order valence-electron chi connectivity index (χ2n) is 6.85. The maximum Gasteiger partial charge on any atom is 0.318 e. The molecule has 3 aromatic rings. The zero-order chi connectivity index (χ0) is 17.9. The van der Waals surface area contributed by atoms with Gasteiger partial charge >= 0.3 is 6.03 Å². The molecule has 26 heavy (non-hydrogen) atoms. The first-order chi connectivity index (χ1) is 12.7. The average Bonchev–Trinajstić information content (AvgIpc) is 3.09. The third-order valence-corrected chi connectivity index (χ3v) is 4.93. The number of pyridine rings is 1. The van der Waals surface area contributed by atoms with E-state index in [-0.39, 0.29) is 12.1 Å². The molecule has 0 unspecified atom stereocenters. The van der Waals surface area contributed by atoms with Crippen molar-refractivity contribution in [2.75, 3.05) is 6.54 Å². The normalized spacial score (nSPS) is 17.4. The van der Waals surface area contributed by atoms with Crippen LogP contribution in [0.25, 0.3) is 11.0 Å². The first-order valence-corrected chi connectivity index (χ1v) is 9.10. The van der Waals surface area contributed by atoms with Crippen LogP contribution < -0.4 is 5.32 Å². The lowest BCUT2D eigenvalue weighted by molar-refractivity contribution is 0.151. The first-order valence-electron chi connectivity index (χ1n) is 9.10. The molecule has 2 amide bonds. The smallest absolute Gasteiger partial charge is 0.318 e. The number of fused-ring (bicyclic) bond motifs is 1. The Morgan fingerprint density at radius 2 is 2.27 bits per heavy atom. The lowest BCUT2D eigenvalue weighted by atomic mass is 9.97. The topological polar surface area (TPSA) is 73.9 Å². The Kier molecular flexibility index (Phi) is 4.56. The van der Waals surface area contributed by atoms with Crippen LogP contribution in [-0.4, -0.2) is 32.4 Å². The molecular formula is C20H23N5O. The van der Waals surface area contributed by atoms with E-state index in [0.29, 0.717) is 6.54 Å². The number of aromatic amines is 1. The largest absolute Gasteiger partial charge is 0.340 e. The van der Waals surface area contributed by atoms with Crippen molar-refractivity contribution in [1.29, 1.82) is 0 Å². The molecule has 1 aliphatic rings. The molecule has 0 bridgehead atoms. The van der Waals surface area contributed by atoms with Gasteiger partial charge in [0, 0.05) is 18.9 Å². The molecule has 1 aromatic carbocycles. The fraction of sp³-hybridized carbons (Fsp3) is 0.350. The number of hydrogen-bond acceptors (Lipinski definition) is 3. The standard InChI is InChI=1S/C20H23N5O/c1-14-7-8-16-17(11-14)24-19(23-16)13-22-20(26)25-10-3-2-6-18(25)15-5-4-9-21-12-15/h4-5,7-9,11-12,18H,2-3,6,10,13H2,1H3,(H,22,26)(H,23,24)/t18-/m1/s1. The second-order valence-corrected chi connectivity index (χ2v) is 6.85. The number of piperidine rings is 1. The molecule has 134 valence electrons. The molecule has 2 aromatic heterocycles. The van der Waals surface area contributed by atoms with Crippen molar-refractivity contribution in [3.8, 4) is 0 Å². The minimum Gasteiger partial charge on any atom is -0.340 e. The lowest BCUT2D eigenvalue weighted by Gasteiger charge is -2.35. The molecule has 1 aliphatic heterocycles. The highest BCUT2D eigenvalue weighted by Crippen LogP contribution is 2.30. The van der Waals surface area contributed by atoms with Gasteiger partial charge < -0.3 is 15.2 Å². The van der Waals surface area contributed by atoms with Gasteiger partial charge in [0.1, 0.15) is 5.82 Å². The molecular weight excluding hydrogens is 326 g/mol. The number of benzene rings is 1. The fourth-order valence-corrected chi connectivity index (χ4v) is 3.62. The average molecular weight is 349 g/mol. The number of imidazole rings is 1. The van der Waals surface area contributed by atoms with Gasteiger partial charge in [0.2, 0.25) is 0 Å². The van der Waals surface area contributed by atoms with E-state index >= 15 is 0 Å². The first kappa shape index (κ1) is 16.6. The molecule has 0 aliphatic carbocycles. The number of nitrogens with one attached hydrogen (secondary N) is 2. The van der Waals surface area contributed by atoms with Crippen LogP contribution in [0, 0.1) is 6.92 Å². The van der Waals surface area contributed by atoms with E-state index in [1.165, 1.54) is 5.56 Å². The number of aromatic nitrogens is 3. The molecule has 1 fully saturated rings. The zero-order valence-corrected chi connectivity index (χ0v) is 14.9. The third kappa shape index (κ3) is 3.40. The molecule has 6 nitrogen and oxygen atoms in total. The number of urea groups is 1. The van der Waals surface area contributed by atoms with Gasteiger partial charge in [-0.25, -0.2) is 9.78 Å². The lowest BCUT2D eigenvalue weighted by Crippen LogP contribution is -2.44. The molecule has 0 radical (unpaired) electrons. The van der Waals surface area contributed by atoms with Gasteiger partial charge in [0.25, 0.3) is 0 Å². The number of aryl methyl sites for hydroxylation is 1. The quantitative estimate of drug-likeness (QED) is 0.757. The van der Waals surface area contributed by atoms with Crippen LogP contribution in [0.4, 0.5) is 4.79 Å². The summed E-state index contributed by atoms with van der Waals surface area (Å²) in [6.45, 7) is 3.21. The van der Waals surface area contributed by atoms with Crippen molar-refractivity contribution in [2.45, 2.75) is 38.8 Å². The molecule has 0 spiro atoms. The highest BCUT2D eigenvalue weighted by atomic mass is 16.2. The Balaban J connectivity index is 1.45. The minimum atomic E-state index is -0.0461. The van der Waals surface area contributed by atoms with Crippen LogP contribution in [0.15, 0.2) is 42.7 Å². The summed E-state index contributed by atoms with van der Waals surface area (Å²) in [7, 11) is 0. The maximum atomic E-state index is 12.8. The highest BCUT2D eigenvalue weighted by Gasteiger charge is 2.28. The van der Waals surface area contributed by atoms with Crippen LogP contribution in [0.3, 0.4) is 0 Å². The van der Waals surface area contributed by atoms with E-state index in [0.717, 1.165) is 48.2 Å². The van der Waals surface area contributed by atoms with Crippen molar-refractivity contribution in [3.63, 3.8) is 0 Å². The maximum absolute atomic E-state index is 12.8. The van der Waals surface area contributed by atoms with E-state index in [2.05, 4.69) is 33.3 Å². The number of rotatable bonds is 3. The number of H-pyrrole nitrogens is 1. The van der Waals surface area contributed by atoms with Gasteiger partial charge in [-0.2, -0.15) is 0 Å². The number of hydrogen-bond donors (Lipinski definition) is 2. The molecule has 1 atom stereocenters. The zero-order valence-electron chi connectivity index (χ0n) is 14.9. The number of amides is 2. The summed E-state index contributed by atoms with van der Waals surface area (Å²) in [5.41, 5.74) is 4.21. The Hall–Kier alpha value is -2.89. The van der Waals surface area contributed by atoms with Gasteiger partial charge in [-0.3, -0.25) is 4.98 Å². The van der Waals surface area contributed by atoms with Crippen LogP contribution in [0.1, 0.15) is 42.3 Å². The number of likely N-dealkylation sites (tertiary alicyclic amines) is 1. The van der Waals surface area contributed by atoms with Crippen molar-refractivity contribution < 1.29 is 4.79 Å². The van der Waals surface area contributed by atoms with Crippen LogP contribution in [0.5, 0.6) is 0 Å². The fourth-order valence-electron chi connectivity index (χ4n) is 3.62. The Bertz CT molecular complexity index is 905. The number of nitrogens with zero attached hydrogens (tertiary/aromatic N) is 3. The third-order valence-electron chi connectivity index (χ3n) is 4.93. The summed E-state index contributed by atoms with van der Waals surface area (Å²) < 4.78 is 0. The molecule has 3 heterocycles. The monoisotopic (exact) mass is 349 g/mol. The van der Waals surface area contributed by atoms with Crippen LogP contribution >= 0.6 is 0 Å². The van der Waals surface area contributed by atoms with Gasteiger partial charge in [0.15, 0.2) is 0 Å². The van der Waals surface area contributed by atoms with Crippen molar-refractivity contribution in [3.05, 3.63) is 59.7 Å². The SMILES string of the molecule is Cc1ccc2nc(CNC(=O)N3CCCC[C@@H]3c3cccnc3)[nH]c2c1. The predicted molar refractivity (Wildman–Crippen MR) is 101 cm³/mol. The van der Waals surface area contributed by atoms with Gasteiger partial charge in [-0.05, 0) is 55.5 Å². The summed E-state index contributed by atoms with van der Waals surface area (Å²) in [6, 6.07) is 10.1. The van der Waals surface area contributed by atoms with Gasteiger partial charge in [0.05, 0.1) is 23.6 Å². The van der Waals surface area contributed by atoms with Crippen LogP contribution in [-0.2, 0) is 6.54 Å². The predicted octanol–water partition coefficient (Wildman–Crippen LogP) is 3.70. The molecule has 1 saturated heterocycles. The molecule has 0 saturated carbocycles. The number of carbonyl (C=O) groups is 1. The number of carbonyl (C=O) groups excluding carboxylic acids is 1. The summed E-state index contributed by atoms with van der Waals surface area (Å²) in [5, 5.41) is 3.02. The van der Waals surface area contributed by atoms with Gasteiger partial charge in [-0.15, -0.1) is 0 Å². The van der Waals surface area contributed by atoms with Gasteiger partial charge in [-0.1, -0.05) is 12.1 Å². The van der Waals surface area contributed by atoms with Crippen LogP contribution in [0.2, 0.25) is 0 Å². The second kappa shape index (κ2) is 7.15. The molecule has 2 N–H and O–H groups in total. The van der Waals surface area contributed by atoms with E-state index < -0.39 is 0 Å². The Morgan fingerprint density at radius 1 is 1.35 bits per heavy atom. The summed E-state index contributed by atoms with van der Waals surface area (Å²) in [5.74, 6) is 0.772. The van der Waals surface area contributed by atoms with E-state index in [4.69, 9.17) is 0 Å². The summed E-state index contributed by atoms with van der Waals surface area (Å²) in [4.78, 5) is 26.7. The van der Waals surface area contributed by atoms with E-state index in [1.807, 2.05) is 35.4 Å². The van der Waals surface area contributed by atoms with Crippen molar-refractivity contribution in [1.82, 2.24) is 25.2 Å². The molecule has 6 heteroatoms. The Labute approximate surface area is 152 Å². The minimum absolute atomic E-state index is 0.0461. The van der Waals surface area contributed by atoms with Crippen molar-refractivity contribution in [2.24, 2.45) is 0 Å². The van der Waals surface area contributed by atoms with Crippen molar-refractivity contribution >= 4 is 17.1 Å². The Morgan fingerprint density at radius 3 is 3.12 bits per heavy atom. The van der Waals surface area contributed by atoms with E-state index in [1.54, 1.807) is 6.20 Å². The summed E-state index contributed by atoms with van der Waals surface area (Å²) in [6.07, 6.45) is 6.77. The molecule has 4 rings (SSSR count). The summed E-state index contributed by atoms with van der Waals surface area (Å²) >= 11 is 0.